The normalized spacial score (nSPS) is 12.5. The van der Waals surface area contributed by atoms with Crippen molar-refractivity contribution < 1.29 is 9.50 Å². The van der Waals surface area contributed by atoms with Gasteiger partial charge in [0.15, 0.2) is 5.82 Å². The van der Waals surface area contributed by atoms with Gasteiger partial charge in [0.05, 0.1) is 4.47 Å². The number of hydrogen-bond acceptors (Lipinski definition) is 3. The summed E-state index contributed by atoms with van der Waals surface area (Å²) in [7, 11) is 0. The molecule has 0 saturated heterocycles. The number of aliphatic hydroxyl groups is 1. The lowest BCUT2D eigenvalue weighted by molar-refractivity contribution is 0.250. The fourth-order valence-electron chi connectivity index (χ4n) is 1.14. The Kier molecular flexibility index (Phi) is 5.42. The van der Waals surface area contributed by atoms with E-state index < -0.39 is 5.82 Å². The van der Waals surface area contributed by atoms with Gasteiger partial charge in [0.1, 0.15) is 5.84 Å². The summed E-state index contributed by atoms with van der Waals surface area (Å²) in [4.78, 5) is 0.488. The van der Waals surface area contributed by atoms with Crippen LogP contribution in [0.3, 0.4) is 0 Å². The van der Waals surface area contributed by atoms with Gasteiger partial charge in [-0.05, 0) is 34.0 Å². The Morgan fingerprint density at radius 2 is 2.29 bits per heavy atom. The molecule has 0 spiro atoms. The second-order valence-corrected chi connectivity index (χ2v) is 5.61. The molecule has 94 valence electrons. The third-order valence-electron chi connectivity index (χ3n) is 2.17. The zero-order valence-corrected chi connectivity index (χ0v) is 11.7. The highest BCUT2D eigenvalue weighted by atomic mass is 79.9. The fraction of sp³-hybridized carbons (Fsp3) is 0.364. The molecule has 0 aliphatic carbocycles. The van der Waals surface area contributed by atoms with Crippen molar-refractivity contribution in [2.75, 3.05) is 12.4 Å². The predicted octanol–water partition coefficient (Wildman–Crippen LogP) is 2.59. The smallest absolute Gasteiger partial charge is 0.151 e. The first-order valence-corrected chi connectivity index (χ1v) is 6.81. The van der Waals surface area contributed by atoms with Gasteiger partial charge in [-0.2, -0.15) is 0 Å². The molecule has 17 heavy (non-hydrogen) atoms. The molecule has 0 fully saturated rings. The van der Waals surface area contributed by atoms with Crippen molar-refractivity contribution >= 4 is 33.5 Å². The molecule has 4 N–H and O–H groups in total. The van der Waals surface area contributed by atoms with Crippen LogP contribution in [0.15, 0.2) is 21.5 Å². The highest BCUT2D eigenvalue weighted by Crippen LogP contribution is 2.30. The third kappa shape index (κ3) is 3.69. The number of nitrogens with two attached hydrogens (primary N) is 1. The number of thioether (sulfide) groups is 1. The molecule has 1 rings (SSSR count). The maximum atomic E-state index is 13.9. The lowest BCUT2D eigenvalue weighted by Crippen LogP contribution is -2.12. The van der Waals surface area contributed by atoms with Gasteiger partial charge in [0.25, 0.3) is 0 Å². The lowest BCUT2D eigenvalue weighted by atomic mass is 10.2. The van der Waals surface area contributed by atoms with Crippen LogP contribution in [0.2, 0.25) is 0 Å². The summed E-state index contributed by atoms with van der Waals surface area (Å²) in [6.45, 7) is 1.98. The molecular formula is C11H14BrFN2OS. The second-order valence-electron chi connectivity index (χ2n) is 3.75. The maximum Gasteiger partial charge on any atom is 0.151 e. The number of amidine groups is 1. The molecule has 1 aromatic carbocycles. The third-order valence-corrected chi connectivity index (χ3v) is 4.31. The Morgan fingerprint density at radius 1 is 1.65 bits per heavy atom. The molecule has 0 amide bonds. The minimum absolute atomic E-state index is 0.0846. The SMILES string of the molecule is CC(CO)CSc1ccc(C(=N)N)c(Br)c1F. The van der Waals surface area contributed by atoms with E-state index >= 15 is 0 Å². The minimum Gasteiger partial charge on any atom is -0.396 e. The van der Waals surface area contributed by atoms with E-state index in [0.29, 0.717) is 16.2 Å². The van der Waals surface area contributed by atoms with E-state index in [1.807, 2.05) is 6.92 Å². The van der Waals surface area contributed by atoms with Crippen LogP contribution in [0.5, 0.6) is 0 Å². The summed E-state index contributed by atoms with van der Waals surface area (Å²) in [5.74, 6) is 0.175. The van der Waals surface area contributed by atoms with Crippen LogP contribution in [-0.2, 0) is 0 Å². The summed E-state index contributed by atoms with van der Waals surface area (Å²) < 4.78 is 14.1. The molecule has 1 atom stereocenters. The number of nitrogens with one attached hydrogen (secondary N) is 1. The number of aliphatic hydroxyl groups excluding tert-OH is 1. The van der Waals surface area contributed by atoms with E-state index in [2.05, 4.69) is 15.9 Å². The Hall–Kier alpha value is -0.590. The second kappa shape index (κ2) is 6.37. The number of halogens is 2. The van der Waals surface area contributed by atoms with Gasteiger partial charge in [0.2, 0.25) is 0 Å². The molecule has 6 heteroatoms. The van der Waals surface area contributed by atoms with Crippen LogP contribution in [0.1, 0.15) is 12.5 Å². The van der Waals surface area contributed by atoms with Crippen LogP contribution >= 0.6 is 27.7 Å². The first-order valence-electron chi connectivity index (χ1n) is 5.03. The summed E-state index contributed by atoms with van der Waals surface area (Å²) in [5, 5.41) is 16.2. The minimum atomic E-state index is -0.409. The highest BCUT2D eigenvalue weighted by molar-refractivity contribution is 9.10. The van der Waals surface area contributed by atoms with Gasteiger partial charge in [-0.1, -0.05) is 6.92 Å². The quantitative estimate of drug-likeness (QED) is 0.443. The van der Waals surface area contributed by atoms with Gasteiger partial charge in [0, 0.05) is 22.8 Å². The molecule has 0 aliphatic rings. The highest BCUT2D eigenvalue weighted by Gasteiger charge is 2.14. The first-order chi connectivity index (χ1) is 7.97. The van der Waals surface area contributed by atoms with Gasteiger partial charge in [-0.25, -0.2) is 4.39 Å². The van der Waals surface area contributed by atoms with E-state index in [0.717, 1.165) is 0 Å². The number of rotatable bonds is 5. The van der Waals surface area contributed by atoms with E-state index in [-0.39, 0.29) is 22.8 Å². The fourth-order valence-corrected chi connectivity index (χ4v) is 2.79. The van der Waals surface area contributed by atoms with Gasteiger partial charge in [-0.3, -0.25) is 5.41 Å². The number of hydrogen-bond donors (Lipinski definition) is 3. The Bertz CT molecular complexity index is 428. The Balaban J connectivity index is 2.89. The topological polar surface area (TPSA) is 70.1 Å². The number of benzene rings is 1. The standard InChI is InChI=1S/C11H14BrFN2OS/c1-6(4-16)5-17-8-3-2-7(11(14)15)9(12)10(8)13/h2-3,6,16H,4-5H2,1H3,(H3,14,15). The zero-order chi connectivity index (χ0) is 13.0. The monoisotopic (exact) mass is 320 g/mol. The van der Waals surface area contributed by atoms with Crippen LogP contribution < -0.4 is 5.73 Å². The van der Waals surface area contributed by atoms with E-state index in [1.165, 1.54) is 11.8 Å². The van der Waals surface area contributed by atoms with Crippen LogP contribution in [0, 0.1) is 17.1 Å². The molecule has 0 heterocycles. The van der Waals surface area contributed by atoms with E-state index in [9.17, 15) is 4.39 Å². The molecule has 0 aromatic heterocycles. The van der Waals surface area contributed by atoms with Crippen molar-refractivity contribution in [2.45, 2.75) is 11.8 Å². The van der Waals surface area contributed by atoms with Crippen molar-refractivity contribution in [3.63, 3.8) is 0 Å². The molecule has 0 radical (unpaired) electrons. The van der Waals surface area contributed by atoms with Crippen LogP contribution in [-0.4, -0.2) is 23.3 Å². The summed E-state index contributed by atoms with van der Waals surface area (Å²) in [6.07, 6.45) is 0. The van der Waals surface area contributed by atoms with Crippen molar-refractivity contribution in [2.24, 2.45) is 11.7 Å². The Morgan fingerprint density at radius 3 is 2.82 bits per heavy atom. The average molecular weight is 321 g/mol. The molecule has 0 saturated carbocycles. The van der Waals surface area contributed by atoms with Crippen molar-refractivity contribution in [1.82, 2.24) is 0 Å². The zero-order valence-electron chi connectivity index (χ0n) is 9.34. The number of nitrogen functional groups attached to an aromatic ring is 1. The van der Waals surface area contributed by atoms with Gasteiger partial charge in [-0.15, -0.1) is 11.8 Å². The van der Waals surface area contributed by atoms with Crippen molar-refractivity contribution in [3.05, 3.63) is 28.0 Å². The summed E-state index contributed by atoms with van der Waals surface area (Å²) in [5.41, 5.74) is 5.67. The Labute approximate surface area is 112 Å². The molecular weight excluding hydrogens is 307 g/mol. The average Bonchev–Trinajstić information content (AvgIpc) is 2.30. The molecule has 3 nitrogen and oxygen atoms in total. The summed E-state index contributed by atoms with van der Waals surface area (Å²) >= 11 is 4.44. The van der Waals surface area contributed by atoms with Gasteiger partial charge < -0.3 is 10.8 Å². The molecule has 0 aliphatic heterocycles. The van der Waals surface area contributed by atoms with Crippen molar-refractivity contribution in [1.29, 1.82) is 5.41 Å². The molecule has 1 unspecified atom stereocenters. The van der Waals surface area contributed by atoms with Crippen LogP contribution in [0.4, 0.5) is 4.39 Å². The maximum absolute atomic E-state index is 13.9. The van der Waals surface area contributed by atoms with Crippen molar-refractivity contribution in [3.8, 4) is 0 Å². The molecule has 0 bridgehead atoms. The molecule has 1 aromatic rings. The predicted molar refractivity (Wildman–Crippen MR) is 72.1 cm³/mol. The van der Waals surface area contributed by atoms with Crippen LogP contribution in [0.25, 0.3) is 0 Å². The lowest BCUT2D eigenvalue weighted by Gasteiger charge is -2.10. The largest absolute Gasteiger partial charge is 0.396 e. The first kappa shape index (κ1) is 14.5. The van der Waals surface area contributed by atoms with Gasteiger partial charge >= 0.3 is 0 Å². The summed E-state index contributed by atoms with van der Waals surface area (Å²) in [6, 6.07) is 3.22. The van der Waals surface area contributed by atoms with E-state index in [1.54, 1.807) is 12.1 Å². The van der Waals surface area contributed by atoms with E-state index in [4.69, 9.17) is 16.2 Å².